The molecule has 0 heterocycles. The van der Waals surface area contributed by atoms with Crippen LogP contribution in [0, 0.1) is 6.07 Å². The molecule has 1 radical (unpaired) electrons. The lowest BCUT2D eigenvalue weighted by molar-refractivity contribution is 0.565. The van der Waals surface area contributed by atoms with Crippen LogP contribution in [0.5, 0.6) is 0 Å². The van der Waals surface area contributed by atoms with E-state index >= 15 is 0 Å². The first-order valence-corrected chi connectivity index (χ1v) is 15.3. The molecule has 105 valence electrons. The maximum Gasteiger partial charge on any atom is 0.560 e. The third-order valence-electron chi connectivity index (χ3n) is 2.74. The highest BCUT2D eigenvalue weighted by atomic mass is 79.9. The van der Waals surface area contributed by atoms with Gasteiger partial charge in [-0.05, 0) is 34.3 Å². The minimum Gasteiger partial charge on any atom is -0.280 e. The van der Waals surface area contributed by atoms with E-state index in [4.69, 9.17) is 0 Å². The predicted molar refractivity (Wildman–Crippen MR) is 98.1 cm³/mol. The van der Waals surface area contributed by atoms with Crippen LogP contribution < -0.4 is 0 Å². The van der Waals surface area contributed by atoms with Crippen molar-refractivity contribution in [1.29, 1.82) is 0 Å². The van der Waals surface area contributed by atoms with Gasteiger partial charge in [0.2, 0.25) is 0 Å². The smallest absolute Gasteiger partial charge is 0.280 e. The molecular formula is C15H23Br2MgS. The van der Waals surface area contributed by atoms with Crippen LogP contribution in [0.1, 0.15) is 52.7 Å². The molecule has 0 spiro atoms. The molecule has 0 aliphatic carbocycles. The second-order valence-corrected chi connectivity index (χ2v) is 15.4. The Hall–Kier alpha value is 1.30. The third kappa shape index (κ3) is 7.75. The molecule has 1 aromatic carbocycles. The second-order valence-electron chi connectivity index (χ2n) is 6.45. The van der Waals surface area contributed by atoms with Gasteiger partial charge in [0.1, 0.15) is 0 Å². The summed E-state index contributed by atoms with van der Waals surface area (Å²) in [6, 6.07) is 8.08. The van der Waals surface area contributed by atoms with Crippen LogP contribution in [-0.2, 0) is 10.8 Å². The van der Waals surface area contributed by atoms with Crippen LogP contribution in [0.3, 0.4) is 0 Å². The van der Waals surface area contributed by atoms with E-state index in [0.29, 0.717) is 0 Å². The number of hydrogen-bond donors (Lipinski definition) is 0. The van der Waals surface area contributed by atoms with Crippen LogP contribution >= 0.6 is 37.5 Å². The summed E-state index contributed by atoms with van der Waals surface area (Å²) < 4.78 is 0. The molecule has 19 heavy (non-hydrogen) atoms. The fourth-order valence-electron chi connectivity index (χ4n) is 1.49. The van der Waals surface area contributed by atoms with Gasteiger partial charge in [-0.2, -0.15) is 0 Å². The Morgan fingerprint density at radius 2 is 1.47 bits per heavy atom. The van der Waals surface area contributed by atoms with E-state index in [-0.39, 0.29) is 26.9 Å². The molecule has 0 aliphatic heterocycles. The van der Waals surface area contributed by atoms with Gasteiger partial charge < -0.3 is 0 Å². The van der Waals surface area contributed by atoms with Crippen molar-refractivity contribution >= 4 is 53.6 Å². The topological polar surface area (TPSA) is 0 Å². The van der Waals surface area contributed by atoms with Crippen LogP contribution in [-0.4, -0.2) is 22.3 Å². The zero-order chi connectivity index (χ0) is 15.3. The molecule has 1 rings (SSSR count). The molecule has 0 unspecified atom stereocenters. The van der Waals surface area contributed by atoms with Crippen LogP contribution in [0.4, 0.5) is 0 Å². The van der Waals surface area contributed by atoms with E-state index in [9.17, 15) is 0 Å². The van der Waals surface area contributed by atoms with E-state index in [1.54, 1.807) is 11.8 Å². The summed E-state index contributed by atoms with van der Waals surface area (Å²) in [7, 11) is 0. The number of hydrogen-bond acceptors (Lipinski definition) is 1. The molecular weight excluding hydrogens is 396 g/mol. The summed E-state index contributed by atoms with van der Waals surface area (Å²) in [5, 5.41) is 0. The zero-order valence-electron chi connectivity index (χ0n) is 13.0. The van der Waals surface area contributed by atoms with Crippen LogP contribution in [0.2, 0.25) is 0 Å². The molecule has 4 heteroatoms. The van der Waals surface area contributed by atoms with Gasteiger partial charge in [-0.3, -0.25) is 25.8 Å². The van der Waals surface area contributed by atoms with Crippen molar-refractivity contribution in [2.45, 2.75) is 57.3 Å². The van der Waals surface area contributed by atoms with Crippen molar-refractivity contribution in [2.75, 3.05) is 6.26 Å². The Labute approximate surface area is 145 Å². The first-order valence-electron chi connectivity index (χ1n) is 6.30. The Bertz CT molecular complexity index is 360. The lowest BCUT2D eigenvalue weighted by atomic mass is 9.81. The molecule has 0 aromatic heterocycles. The molecule has 0 saturated heterocycles. The summed E-state index contributed by atoms with van der Waals surface area (Å²) in [6.45, 7) is 13.5. The highest BCUT2D eigenvalue weighted by Gasteiger charge is 2.20. The second kappa shape index (κ2) is 8.67. The fraction of sp³-hybridized carbons (Fsp3) is 0.600. The zero-order valence-corrected chi connectivity index (χ0v) is 18.4. The van der Waals surface area contributed by atoms with Crippen molar-refractivity contribution in [2.24, 2.45) is 0 Å². The summed E-state index contributed by atoms with van der Waals surface area (Å²) in [5.74, 6) is 0. The van der Waals surface area contributed by atoms with Gasteiger partial charge in [0.25, 0.3) is 0 Å². The van der Waals surface area contributed by atoms with Gasteiger partial charge >= 0.3 is 16.0 Å². The molecule has 0 atom stereocenters. The molecule has 0 nitrogen and oxygen atoms in total. The number of thioether (sulfide) groups is 1. The van der Waals surface area contributed by atoms with E-state index < -0.39 is 0 Å². The maximum atomic E-state index is 3.51. The van der Waals surface area contributed by atoms with Crippen molar-refractivity contribution in [3.05, 3.63) is 29.3 Å². The normalized spacial score (nSPS) is 11.4. The average molecular weight is 420 g/mol. The largest absolute Gasteiger partial charge is 0.560 e. The highest BCUT2D eigenvalue weighted by molar-refractivity contribution is 9.47. The Morgan fingerprint density at radius 1 is 1.00 bits per heavy atom. The van der Waals surface area contributed by atoms with E-state index in [2.05, 4.69) is 91.8 Å². The van der Waals surface area contributed by atoms with E-state index in [1.165, 1.54) is 16.0 Å². The van der Waals surface area contributed by atoms with Crippen molar-refractivity contribution in [3.8, 4) is 0 Å². The van der Waals surface area contributed by atoms with E-state index in [0.717, 1.165) is 0 Å². The maximum absolute atomic E-state index is 3.51. The fourth-order valence-corrected chi connectivity index (χ4v) is 1.95. The van der Waals surface area contributed by atoms with Crippen molar-refractivity contribution in [3.63, 3.8) is 0 Å². The standard InChI is InChI=1S/C15H23S.2BrH.Mg/c1-14(2,3)11-8-12(15(4,5)6)10-13(9-11)16-7;;;/h8-9H,1-7H3;2*1H;/q;;;+2/p-2. The SMILES string of the molecule is CSc1[c]c(C(C)(C)C)cc(C(C)(C)C)c1.[Br][Mg][Br]. The van der Waals surface area contributed by atoms with Gasteiger partial charge in [-0.15, -0.1) is 11.8 Å². The molecule has 0 bridgehead atoms. The third-order valence-corrected chi connectivity index (χ3v) is 3.40. The first kappa shape index (κ1) is 20.3. The summed E-state index contributed by atoms with van der Waals surface area (Å²) in [4.78, 5) is 1.25. The number of rotatable bonds is 1. The average Bonchev–Trinajstić information content (AvgIpc) is 2.27. The molecule has 0 aliphatic rings. The van der Waals surface area contributed by atoms with Crippen LogP contribution in [0.15, 0.2) is 17.0 Å². The highest BCUT2D eigenvalue weighted by Crippen LogP contribution is 2.32. The van der Waals surface area contributed by atoms with E-state index in [1.807, 2.05) is 0 Å². The summed E-state index contributed by atoms with van der Waals surface area (Å²) in [5.41, 5.74) is 3.09. The minimum absolute atomic E-state index is 0.0417. The van der Waals surface area contributed by atoms with Gasteiger partial charge in [-0.1, -0.05) is 47.6 Å². The Kier molecular flexibility index (Phi) is 9.26. The van der Waals surface area contributed by atoms with Crippen LogP contribution in [0.25, 0.3) is 0 Å². The quantitative estimate of drug-likeness (QED) is 0.391. The molecule has 0 amide bonds. The Balaban J connectivity index is 0.000000982. The van der Waals surface area contributed by atoms with Gasteiger partial charge in [0, 0.05) is 11.0 Å². The van der Waals surface area contributed by atoms with Crippen molar-refractivity contribution < 1.29 is 0 Å². The molecule has 0 saturated carbocycles. The number of benzene rings is 1. The Morgan fingerprint density at radius 3 is 1.79 bits per heavy atom. The lowest BCUT2D eigenvalue weighted by Crippen LogP contribution is -2.16. The van der Waals surface area contributed by atoms with Gasteiger partial charge in [0.05, 0.1) is 0 Å². The van der Waals surface area contributed by atoms with Gasteiger partial charge in [-0.25, -0.2) is 0 Å². The molecule has 1 aromatic rings. The van der Waals surface area contributed by atoms with Crippen molar-refractivity contribution in [1.82, 2.24) is 0 Å². The predicted octanol–water partition coefficient (Wildman–Crippen LogP) is 6.11. The van der Waals surface area contributed by atoms with Gasteiger partial charge in [0.15, 0.2) is 0 Å². The molecule has 0 N–H and O–H groups in total. The summed E-state index contributed by atoms with van der Waals surface area (Å²) in [6.07, 6.45) is 2.12. The first-order chi connectivity index (χ1) is 8.56. The molecule has 0 fully saturated rings. The minimum atomic E-state index is 0.0417. The monoisotopic (exact) mass is 417 g/mol. The lowest BCUT2D eigenvalue weighted by Gasteiger charge is -2.25. The summed E-state index contributed by atoms with van der Waals surface area (Å²) >= 11 is 8.22. The number of halogens is 2.